The Bertz CT molecular complexity index is 1430. The van der Waals surface area contributed by atoms with E-state index in [1.165, 1.54) is 7.11 Å². The van der Waals surface area contributed by atoms with Crippen LogP contribution < -0.4 is 21.0 Å². The van der Waals surface area contributed by atoms with Gasteiger partial charge in [0.05, 0.1) is 29.9 Å². The number of hydrazone groups is 1. The van der Waals surface area contributed by atoms with Crippen LogP contribution in [0.3, 0.4) is 0 Å². The first-order valence-corrected chi connectivity index (χ1v) is 11.3. The molecule has 0 radical (unpaired) electrons. The van der Waals surface area contributed by atoms with E-state index in [-0.39, 0.29) is 11.8 Å². The van der Waals surface area contributed by atoms with Crippen molar-refractivity contribution in [3.05, 3.63) is 96.2 Å². The number of carbonyl (C=O) groups is 2. The van der Waals surface area contributed by atoms with Gasteiger partial charge in [0.2, 0.25) is 5.91 Å². The Hall–Kier alpha value is -4.76. The minimum atomic E-state index is -0.609. The van der Waals surface area contributed by atoms with Crippen molar-refractivity contribution in [2.45, 2.75) is 12.3 Å². The van der Waals surface area contributed by atoms with Gasteiger partial charge in [0, 0.05) is 23.7 Å². The number of hydrogen-bond acceptors (Lipinski definition) is 7. The predicted octanol–water partition coefficient (Wildman–Crippen LogP) is 4.83. The molecule has 1 aromatic heterocycles. The molecule has 0 spiro atoms. The number of benzene rings is 3. The van der Waals surface area contributed by atoms with Crippen molar-refractivity contribution in [1.29, 1.82) is 0 Å². The third kappa shape index (κ3) is 5.01. The predicted molar refractivity (Wildman–Crippen MR) is 137 cm³/mol. The average Bonchev–Trinajstić information content (AvgIpc) is 2.90. The fourth-order valence-electron chi connectivity index (χ4n) is 4.10. The van der Waals surface area contributed by atoms with E-state index in [4.69, 9.17) is 9.57 Å². The van der Waals surface area contributed by atoms with Crippen molar-refractivity contribution in [2.75, 3.05) is 17.9 Å². The number of hydrogen-bond donors (Lipinski definition) is 3. The van der Waals surface area contributed by atoms with Crippen LogP contribution in [0, 0.1) is 0 Å². The third-order valence-electron chi connectivity index (χ3n) is 5.82. The van der Waals surface area contributed by atoms with Crippen LogP contribution in [-0.2, 0) is 9.63 Å². The monoisotopic (exact) mass is 481 g/mol. The van der Waals surface area contributed by atoms with Crippen molar-refractivity contribution in [2.24, 2.45) is 5.10 Å². The summed E-state index contributed by atoms with van der Waals surface area (Å²) in [6, 6.07) is 23.6. The molecule has 1 aliphatic rings. The van der Waals surface area contributed by atoms with Gasteiger partial charge < -0.3 is 4.74 Å². The van der Waals surface area contributed by atoms with Gasteiger partial charge in [-0.25, -0.2) is 10.2 Å². The van der Waals surface area contributed by atoms with E-state index in [1.54, 1.807) is 42.6 Å². The smallest absolute Gasteiger partial charge is 0.410 e. The molecule has 0 aliphatic carbocycles. The Morgan fingerprint density at radius 1 is 0.972 bits per heavy atom. The van der Waals surface area contributed by atoms with E-state index < -0.39 is 6.09 Å². The normalized spacial score (nSPS) is 15.1. The number of aromatic nitrogens is 1. The minimum Gasteiger partial charge on any atom is -0.410 e. The summed E-state index contributed by atoms with van der Waals surface area (Å²) in [5.41, 5.74) is 10.0. The van der Waals surface area contributed by atoms with Crippen molar-refractivity contribution < 1.29 is 19.2 Å². The highest BCUT2D eigenvalue weighted by molar-refractivity contribution is 6.07. The fraction of sp³-hybridized carbons (Fsp3) is 0.111. The van der Waals surface area contributed by atoms with E-state index in [2.05, 4.69) is 26.3 Å². The number of amides is 2. The SMILES string of the molecule is CONc1ccc(OC(=O)Nc2ccc(C3=NNC(=O)C(c4cccc5ncccc45)C3)cc2)cc1. The van der Waals surface area contributed by atoms with Crippen LogP contribution in [0.5, 0.6) is 5.75 Å². The lowest BCUT2D eigenvalue weighted by molar-refractivity contribution is -0.122. The molecular formula is C27H23N5O4. The molecule has 0 saturated heterocycles. The second kappa shape index (κ2) is 10.2. The second-order valence-electron chi connectivity index (χ2n) is 8.13. The van der Waals surface area contributed by atoms with Gasteiger partial charge in [-0.3, -0.25) is 25.4 Å². The zero-order chi connectivity index (χ0) is 24.9. The number of rotatable bonds is 6. The first-order valence-electron chi connectivity index (χ1n) is 11.3. The highest BCUT2D eigenvalue weighted by atomic mass is 16.6. The highest BCUT2D eigenvalue weighted by Gasteiger charge is 2.28. The number of nitrogens with one attached hydrogen (secondary N) is 3. The zero-order valence-electron chi connectivity index (χ0n) is 19.4. The van der Waals surface area contributed by atoms with Crippen molar-refractivity contribution in [3.8, 4) is 5.75 Å². The van der Waals surface area contributed by atoms with Gasteiger partial charge in [-0.1, -0.05) is 30.3 Å². The number of ether oxygens (including phenoxy) is 1. The van der Waals surface area contributed by atoms with Crippen LogP contribution >= 0.6 is 0 Å². The molecule has 2 amide bonds. The van der Waals surface area contributed by atoms with Crippen LogP contribution in [-0.4, -0.2) is 29.8 Å². The van der Waals surface area contributed by atoms with E-state index in [9.17, 15) is 9.59 Å². The van der Waals surface area contributed by atoms with Gasteiger partial charge in [0.15, 0.2) is 0 Å². The van der Waals surface area contributed by atoms with Gasteiger partial charge in [-0.15, -0.1) is 0 Å². The summed E-state index contributed by atoms with van der Waals surface area (Å²) in [5.74, 6) is -0.140. The Morgan fingerprint density at radius 2 is 1.75 bits per heavy atom. The molecule has 1 atom stereocenters. The molecule has 0 fully saturated rings. The first kappa shape index (κ1) is 23.0. The van der Waals surface area contributed by atoms with Gasteiger partial charge in [-0.05, 0) is 59.7 Å². The van der Waals surface area contributed by atoms with Crippen molar-refractivity contribution in [3.63, 3.8) is 0 Å². The van der Waals surface area contributed by atoms with Crippen LogP contribution in [0.1, 0.15) is 23.5 Å². The lowest BCUT2D eigenvalue weighted by Crippen LogP contribution is -2.33. The average molecular weight is 482 g/mol. The van der Waals surface area contributed by atoms with Crippen molar-refractivity contribution in [1.82, 2.24) is 10.4 Å². The minimum absolute atomic E-state index is 0.151. The van der Waals surface area contributed by atoms with E-state index in [1.807, 2.05) is 42.5 Å². The quantitative estimate of drug-likeness (QED) is 0.340. The van der Waals surface area contributed by atoms with Gasteiger partial charge in [0.1, 0.15) is 5.75 Å². The summed E-state index contributed by atoms with van der Waals surface area (Å²) in [4.78, 5) is 34.2. The second-order valence-corrected chi connectivity index (χ2v) is 8.13. The number of fused-ring (bicyclic) bond motifs is 1. The molecule has 0 bridgehead atoms. The molecule has 9 heteroatoms. The summed E-state index contributed by atoms with van der Waals surface area (Å²) < 4.78 is 5.31. The molecule has 3 N–H and O–H groups in total. The van der Waals surface area contributed by atoms with Gasteiger partial charge >= 0.3 is 6.09 Å². The Kier molecular flexibility index (Phi) is 6.55. The molecule has 0 saturated carbocycles. The maximum atomic E-state index is 12.7. The lowest BCUT2D eigenvalue weighted by atomic mass is 9.87. The summed E-state index contributed by atoms with van der Waals surface area (Å²) in [5, 5.41) is 7.93. The molecule has 1 aliphatic heterocycles. The molecule has 4 aromatic rings. The van der Waals surface area contributed by atoms with Crippen molar-refractivity contribution >= 4 is 40.0 Å². The highest BCUT2D eigenvalue weighted by Crippen LogP contribution is 2.30. The standard InChI is InChI=1S/C27H23N5O4/c1-35-32-19-11-13-20(14-12-19)36-27(34)29-18-9-7-17(8-10-18)25-16-23(26(33)31-30-25)21-4-2-6-24-22(21)5-3-15-28-24/h2-15,23,32H,16H2,1H3,(H,29,34)(H,31,33). The molecule has 36 heavy (non-hydrogen) atoms. The van der Waals surface area contributed by atoms with Crippen LogP contribution in [0.15, 0.2) is 90.2 Å². The molecular weight excluding hydrogens is 458 g/mol. The maximum absolute atomic E-state index is 12.7. The molecule has 180 valence electrons. The van der Waals surface area contributed by atoms with Gasteiger partial charge in [-0.2, -0.15) is 5.10 Å². The van der Waals surface area contributed by atoms with Crippen LogP contribution in [0.25, 0.3) is 10.9 Å². The summed E-state index contributed by atoms with van der Waals surface area (Å²) in [6.07, 6.45) is 1.58. The zero-order valence-corrected chi connectivity index (χ0v) is 19.4. The molecule has 1 unspecified atom stereocenters. The summed E-state index contributed by atoms with van der Waals surface area (Å²) in [7, 11) is 1.52. The number of anilines is 2. The summed E-state index contributed by atoms with van der Waals surface area (Å²) >= 11 is 0. The number of pyridine rings is 1. The molecule has 2 heterocycles. The first-order chi connectivity index (χ1) is 17.6. The fourth-order valence-corrected chi connectivity index (χ4v) is 4.10. The Balaban J connectivity index is 1.26. The topological polar surface area (TPSA) is 114 Å². The largest absolute Gasteiger partial charge is 0.417 e. The third-order valence-corrected chi connectivity index (χ3v) is 5.82. The van der Waals surface area contributed by atoms with Crippen LogP contribution in [0.4, 0.5) is 16.2 Å². The molecule has 3 aromatic carbocycles. The van der Waals surface area contributed by atoms with E-state index in [0.29, 0.717) is 17.9 Å². The molecule has 9 nitrogen and oxygen atoms in total. The Labute approximate surface area is 207 Å². The maximum Gasteiger partial charge on any atom is 0.417 e. The number of carbonyl (C=O) groups excluding carboxylic acids is 2. The van der Waals surface area contributed by atoms with Crippen LogP contribution in [0.2, 0.25) is 0 Å². The Morgan fingerprint density at radius 3 is 2.53 bits per heavy atom. The van der Waals surface area contributed by atoms with E-state index in [0.717, 1.165) is 33.4 Å². The van der Waals surface area contributed by atoms with Gasteiger partial charge in [0.25, 0.3) is 0 Å². The van der Waals surface area contributed by atoms with E-state index >= 15 is 0 Å². The summed E-state index contributed by atoms with van der Waals surface area (Å²) in [6.45, 7) is 0. The lowest BCUT2D eigenvalue weighted by Gasteiger charge is -2.23. The molecule has 5 rings (SSSR count). The number of nitrogens with zero attached hydrogens (tertiary/aromatic N) is 2.